The average molecular weight is 164 g/mol. The molecule has 0 spiro atoms. The predicted molar refractivity (Wildman–Crippen MR) is 49.8 cm³/mol. The van der Waals surface area contributed by atoms with Gasteiger partial charge in [-0.3, -0.25) is 0 Å². The van der Waals surface area contributed by atoms with Crippen LogP contribution in [0.3, 0.4) is 0 Å². The Kier molecular flexibility index (Phi) is 2.50. The van der Waals surface area contributed by atoms with Gasteiger partial charge in [0.05, 0.1) is 12.4 Å². The molecule has 1 heterocycles. The second-order valence-electron chi connectivity index (χ2n) is 3.58. The normalized spacial score (nSPS) is 29.3. The first kappa shape index (κ1) is 7.90. The standard InChI is InChI=1S/C11H16O/c1-2-6-10(7-3-1)11-8-4-5-9-12-11/h1-2,8,10H,3-7,9H2. The molecule has 12 heavy (non-hydrogen) atoms. The molecule has 0 aromatic rings. The van der Waals surface area contributed by atoms with Gasteiger partial charge in [-0.25, -0.2) is 0 Å². The van der Waals surface area contributed by atoms with Gasteiger partial charge in [0.25, 0.3) is 0 Å². The van der Waals surface area contributed by atoms with Crippen LogP contribution in [0.4, 0.5) is 0 Å². The molecule has 1 unspecified atom stereocenters. The molecule has 2 aliphatic rings. The highest BCUT2D eigenvalue weighted by Crippen LogP contribution is 2.28. The molecule has 0 amide bonds. The maximum absolute atomic E-state index is 5.64. The second kappa shape index (κ2) is 3.79. The number of rotatable bonds is 1. The average Bonchev–Trinajstić information content (AvgIpc) is 2.21. The maximum atomic E-state index is 5.64. The summed E-state index contributed by atoms with van der Waals surface area (Å²) in [6.45, 7) is 0.937. The van der Waals surface area contributed by atoms with E-state index in [1.807, 2.05) is 0 Å². The van der Waals surface area contributed by atoms with E-state index in [-0.39, 0.29) is 0 Å². The maximum Gasteiger partial charge on any atom is 0.0954 e. The third kappa shape index (κ3) is 1.71. The van der Waals surface area contributed by atoms with E-state index in [0.717, 1.165) is 6.61 Å². The van der Waals surface area contributed by atoms with E-state index in [2.05, 4.69) is 18.2 Å². The van der Waals surface area contributed by atoms with E-state index in [9.17, 15) is 0 Å². The van der Waals surface area contributed by atoms with Gasteiger partial charge in [-0.2, -0.15) is 0 Å². The van der Waals surface area contributed by atoms with Crippen molar-refractivity contribution in [2.45, 2.75) is 32.1 Å². The van der Waals surface area contributed by atoms with Crippen LogP contribution in [0.15, 0.2) is 24.0 Å². The van der Waals surface area contributed by atoms with E-state index in [0.29, 0.717) is 5.92 Å². The summed E-state index contributed by atoms with van der Waals surface area (Å²) in [5, 5.41) is 0. The lowest BCUT2D eigenvalue weighted by Gasteiger charge is -2.24. The molecule has 0 N–H and O–H groups in total. The lowest BCUT2D eigenvalue weighted by molar-refractivity contribution is 0.155. The largest absolute Gasteiger partial charge is 0.498 e. The minimum Gasteiger partial charge on any atom is -0.498 e. The molecular weight excluding hydrogens is 148 g/mol. The summed E-state index contributed by atoms with van der Waals surface area (Å²) < 4.78 is 5.64. The fourth-order valence-electron chi connectivity index (χ4n) is 1.91. The summed E-state index contributed by atoms with van der Waals surface area (Å²) in [6.07, 6.45) is 13.0. The summed E-state index contributed by atoms with van der Waals surface area (Å²) in [5.74, 6) is 1.96. The minimum atomic E-state index is 0.690. The Morgan fingerprint density at radius 3 is 2.92 bits per heavy atom. The van der Waals surface area contributed by atoms with Crippen LogP contribution in [0, 0.1) is 5.92 Å². The first-order valence-electron chi connectivity index (χ1n) is 4.94. The molecular formula is C11H16O. The van der Waals surface area contributed by atoms with E-state index in [1.54, 1.807) is 0 Å². The van der Waals surface area contributed by atoms with Gasteiger partial charge in [-0.05, 0) is 38.2 Å². The van der Waals surface area contributed by atoms with Gasteiger partial charge in [-0.1, -0.05) is 12.2 Å². The Hall–Kier alpha value is -0.720. The Morgan fingerprint density at radius 1 is 1.25 bits per heavy atom. The summed E-state index contributed by atoms with van der Waals surface area (Å²) in [5.41, 5.74) is 0. The van der Waals surface area contributed by atoms with Crippen molar-refractivity contribution >= 4 is 0 Å². The summed E-state index contributed by atoms with van der Waals surface area (Å²) in [6, 6.07) is 0. The van der Waals surface area contributed by atoms with E-state index in [4.69, 9.17) is 4.74 Å². The van der Waals surface area contributed by atoms with Gasteiger partial charge in [0.2, 0.25) is 0 Å². The van der Waals surface area contributed by atoms with Crippen LogP contribution >= 0.6 is 0 Å². The van der Waals surface area contributed by atoms with Crippen molar-refractivity contribution in [3.05, 3.63) is 24.0 Å². The van der Waals surface area contributed by atoms with Crippen molar-refractivity contribution in [1.29, 1.82) is 0 Å². The van der Waals surface area contributed by atoms with Crippen LogP contribution in [0.1, 0.15) is 32.1 Å². The number of hydrogen-bond donors (Lipinski definition) is 0. The quantitative estimate of drug-likeness (QED) is 0.541. The van der Waals surface area contributed by atoms with Crippen LogP contribution in [0.5, 0.6) is 0 Å². The van der Waals surface area contributed by atoms with Crippen LogP contribution in [-0.2, 0) is 4.74 Å². The third-order valence-corrected chi connectivity index (χ3v) is 2.63. The van der Waals surface area contributed by atoms with E-state index in [1.165, 1.54) is 37.9 Å². The SMILES string of the molecule is C1=CCC(C2=CCCCO2)CC1. The molecule has 0 saturated heterocycles. The van der Waals surface area contributed by atoms with Crippen LogP contribution in [-0.4, -0.2) is 6.61 Å². The summed E-state index contributed by atoms with van der Waals surface area (Å²) in [4.78, 5) is 0. The molecule has 0 saturated carbocycles. The number of hydrogen-bond acceptors (Lipinski definition) is 1. The molecule has 1 atom stereocenters. The van der Waals surface area contributed by atoms with Crippen LogP contribution in [0.2, 0.25) is 0 Å². The van der Waals surface area contributed by atoms with Crippen LogP contribution in [0.25, 0.3) is 0 Å². The zero-order chi connectivity index (χ0) is 8.23. The van der Waals surface area contributed by atoms with E-state index >= 15 is 0 Å². The van der Waals surface area contributed by atoms with Gasteiger partial charge < -0.3 is 4.74 Å². The molecule has 0 aromatic carbocycles. The number of allylic oxidation sites excluding steroid dienone is 4. The van der Waals surface area contributed by atoms with E-state index < -0.39 is 0 Å². The summed E-state index contributed by atoms with van der Waals surface area (Å²) >= 11 is 0. The van der Waals surface area contributed by atoms with Gasteiger partial charge in [0.15, 0.2) is 0 Å². The van der Waals surface area contributed by atoms with Gasteiger partial charge in [0.1, 0.15) is 0 Å². The third-order valence-electron chi connectivity index (χ3n) is 2.63. The lowest BCUT2D eigenvalue weighted by Crippen LogP contribution is -2.12. The zero-order valence-corrected chi connectivity index (χ0v) is 7.46. The topological polar surface area (TPSA) is 9.23 Å². The Bertz CT molecular complexity index is 203. The Morgan fingerprint density at radius 2 is 2.25 bits per heavy atom. The van der Waals surface area contributed by atoms with Crippen molar-refractivity contribution in [2.75, 3.05) is 6.61 Å². The highest BCUT2D eigenvalue weighted by Gasteiger charge is 2.17. The Labute approximate surface area is 74.1 Å². The second-order valence-corrected chi connectivity index (χ2v) is 3.58. The van der Waals surface area contributed by atoms with Gasteiger partial charge in [0, 0.05) is 5.92 Å². The monoisotopic (exact) mass is 164 g/mol. The molecule has 0 radical (unpaired) electrons. The van der Waals surface area contributed by atoms with Crippen molar-refractivity contribution in [1.82, 2.24) is 0 Å². The lowest BCUT2D eigenvalue weighted by atomic mass is 9.91. The molecule has 0 aromatic heterocycles. The van der Waals surface area contributed by atoms with Crippen molar-refractivity contribution in [3.8, 4) is 0 Å². The molecule has 1 aliphatic heterocycles. The molecule has 66 valence electrons. The number of ether oxygens (including phenoxy) is 1. The minimum absolute atomic E-state index is 0.690. The molecule has 2 rings (SSSR count). The smallest absolute Gasteiger partial charge is 0.0954 e. The van der Waals surface area contributed by atoms with Crippen molar-refractivity contribution in [3.63, 3.8) is 0 Å². The van der Waals surface area contributed by atoms with Gasteiger partial charge in [-0.15, -0.1) is 0 Å². The summed E-state index contributed by atoms with van der Waals surface area (Å²) in [7, 11) is 0. The zero-order valence-electron chi connectivity index (χ0n) is 7.46. The predicted octanol–water partition coefficient (Wildman–Crippen LogP) is 3.04. The van der Waals surface area contributed by atoms with Crippen molar-refractivity contribution < 1.29 is 4.74 Å². The van der Waals surface area contributed by atoms with Gasteiger partial charge >= 0.3 is 0 Å². The van der Waals surface area contributed by atoms with Crippen molar-refractivity contribution in [2.24, 2.45) is 5.92 Å². The highest BCUT2D eigenvalue weighted by molar-refractivity contribution is 5.06. The molecule has 0 fully saturated rings. The molecule has 1 heteroatoms. The fraction of sp³-hybridized carbons (Fsp3) is 0.636. The first-order valence-corrected chi connectivity index (χ1v) is 4.94. The fourth-order valence-corrected chi connectivity index (χ4v) is 1.91. The highest BCUT2D eigenvalue weighted by atomic mass is 16.5. The first-order chi connectivity index (χ1) is 5.97. The molecule has 0 bridgehead atoms. The molecule has 1 nitrogen and oxygen atoms in total. The molecule has 1 aliphatic carbocycles. The van der Waals surface area contributed by atoms with Crippen LogP contribution < -0.4 is 0 Å². The Balaban J connectivity index is 1.98.